The van der Waals surface area contributed by atoms with Crippen molar-refractivity contribution >= 4 is 52.0 Å². The van der Waals surface area contributed by atoms with Crippen molar-refractivity contribution in [3.05, 3.63) is 83.2 Å². The van der Waals surface area contributed by atoms with Gasteiger partial charge in [-0.1, -0.05) is 73.7 Å². The zero-order chi connectivity index (χ0) is 32.5. The van der Waals surface area contributed by atoms with E-state index < -0.39 is 0 Å². The maximum absolute atomic E-state index is 13.5. The highest BCUT2D eigenvalue weighted by atomic mass is 35.5. The van der Waals surface area contributed by atoms with E-state index in [9.17, 15) is 9.59 Å². The number of aliphatic imine (C=N–C) groups is 1. The maximum atomic E-state index is 13.5. The van der Waals surface area contributed by atoms with Gasteiger partial charge in [-0.25, -0.2) is 0 Å². The average molecular weight is 653 g/mol. The van der Waals surface area contributed by atoms with Gasteiger partial charge in [-0.2, -0.15) is 0 Å². The lowest BCUT2D eigenvalue weighted by molar-refractivity contribution is -0.117. The average Bonchev–Trinajstić information content (AvgIpc) is 3.52. The number of hydrogen-bond acceptors (Lipinski definition) is 5. The highest BCUT2D eigenvalue weighted by molar-refractivity contribution is 6.37. The zero-order valence-electron chi connectivity index (χ0n) is 26.9. The number of piperazine rings is 1. The van der Waals surface area contributed by atoms with Crippen LogP contribution in [0.5, 0.6) is 0 Å². The molecule has 3 unspecified atom stereocenters. The van der Waals surface area contributed by atoms with Gasteiger partial charge < -0.3 is 9.88 Å². The topological polar surface area (TPSA) is 69.9 Å². The van der Waals surface area contributed by atoms with E-state index in [0.29, 0.717) is 47.9 Å². The molecule has 0 aliphatic carbocycles. The summed E-state index contributed by atoms with van der Waals surface area (Å²) in [4.78, 5) is 35.5. The van der Waals surface area contributed by atoms with Crippen LogP contribution < -0.4 is 5.32 Å². The van der Waals surface area contributed by atoms with Gasteiger partial charge in [-0.3, -0.25) is 24.4 Å². The number of benzene rings is 1. The SMILES string of the molecule is C=CC=N/C(=C\C)C(=O)CN1CC2CCC(C1)N2CCCn1cc(C(=O)NC/C(=C/C)CC(Cl)C(=C)Cl)c2cccc(CC)c21. The number of aryl methyl sites for hydroxylation is 2. The van der Waals surface area contributed by atoms with Crippen LogP contribution in [0.4, 0.5) is 0 Å². The number of allylic oxidation sites excluding steroid dienone is 4. The molecular weight excluding hydrogens is 605 g/mol. The molecule has 3 heterocycles. The summed E-state index contributed by atoms with van der Waals surface area (Å²) in [6.45, 7) is 17.7. The molecule has 0 saturated carbocycles. The number of hydrogen-bond donors (Lipinski definition) is 1. The number of carbonyl (C=O) groups is 2. The molecule has 242 valence electrons. The summed E-state index contributed by atoms with van der Waals surface area (Å²) in [5.41, 5.74) is 4.57. The Kier molecular flexibility index (Phi) is 12.8. The number of ketones is 1. The number of alkyl halides is 1. The number of rotatable bonds is 16. The molecule has 4 rings (SSSR count). The molecular formula is C36H47Cl2N5O2. The number of halogens is 2. The number of amides is 1. The Morgan fingerprint density at radius 1 is 1.16 bits per heavy atom. The monoisotopic (exact) mass is 651 g/mol. The summed E-state index contributed by atoms with van der Waals surface area (Å²) in [6, 6.07) is 7.16. The van der Waals surface area contributed by atoms with E-state index in [1.165, 1.54) is 5.56 Å². The minimum atomic E-state index is -0.377. The van der Waals surface area contributed by atoms with Gasteiger partial charge in [0.1, 0.15) is 5.70 Å². The molecule has 2 aliphatic heterocycles. The van der Waals surface area contributed by atoms with Gasteiger partial charge in [0, 0.05) is 67.6 Å². The number of para-hydroxylation sites is 1. The van der Waals surface area contributed by atoms with Gasteiger partial charge >= 0.3 is 0 Å². The van der Waals surface area contributed by atoms with E-state index >= 15 is 0 Å². The second kappa shape index (κ2) is 16.5. The molecule has 2 aromatic rings. The standard InChI is InChI=1S/C36H47Cl2N5O2/c1-6-16-39-33(9-4)34(44)24-41-21-28-14-15-29(22-41)43(28)18-11-17-42-23-31(30-13-10-12-27(8-3)35(30)42)36(45)40-20-26(7-2)19-32(38)25(5)37/h6-7,9-10,12-13,16,23,28-29,32H,1,5,8,11,14-15,17-22,24H2,2-4H3,(H,40,45)/b26-7+,33-9-,39-16?. The molecule has 0 spiro atoms. The van der Waals surface area contributed by atoms with Crippen LogP contribution in [-0.4, -0.2) is 82.5 Å². The molecule has 2 saturated heterocycles. The summed E-state index contributed by atoms with van der Waals surface area (Å²) in [5, 5.41) is 4.10. The fourth-order valence-electron chi connectivity index (χ4n) is 6.72. The molecule has 45 heavy (non-hydrogen) atoms. The van der Waals surface area contributed by atoms with Crippen molar-refractivity contribution in [1.29, 1.82) is 0 Å². The van der Waals surface area contributed by atoms with Gasteiger partial charge in [0.25, 0.3) is 5.91 Å². The van der Waals surface area contributed by atoms with Crippen LogP contribution >= 0.6 is 23.2 Å². The minimum absolute atomic E-state index is 0.0563. The van der Waals surface area contributed by atoms with Crippen LogP contribution in [0.15, 0.2) is 77.1 Å². The molecule has 7 nitrogen and oxygen atoms in total. The second-order valence-electron chi connectivity index (χ2n) is 11.9. The fraction of sp³-hybridized carbons (Fsp3) is 0.472. The van der Waals surface area contributed by atoms with Crippen molar-refractivity contribution < 1.29 is 9.59 Å². The van der Waals surface area contributed by atoms with E-state index in [-0.39, 0.29) is 17.1 Å². The number of fused-ring (bicyclic) bond motifs is 3. The summed E-state index contributed by atoms with van der Waals surface area (Å²) >= 11 is 12.3. The van der Waals surface area contributed by atoms with Crippen molar-refractivity contribution in [1.82, 2.24) is 19.7 Å². The zero-order valence-corrected chi connectivity index (χ0v) is 28.4. The smallest absolute Gasteiger partial charge is 0.253 e. The highest BCUT2D eigenvalue weighted by Gasteiger charge is 2.39. The first kappa shape index (κ1) is 34.9. The van der Waals surface area contributed by atoms with Crippen molar-refractivity contribution in [2.45, 2.75) is 76.9 Å². The minimum Gasteiger partial charge on any atom is -0.348 e. The largest absolute Gasteiger partial charge is 0.348 e. The lowest BCUT2D eigenvalue weighted by atomic mass is 10.1. The lowest BCUT2D eigenvalue weighted by Gasteiger charge is -2.41. The molecule has 1 aromatic carbocycles. The summed E-state index contributed by atoms with van der Waals surface area (Å²) in [7, 11) is 0. The Bertz CT molecular complexity index is 1480. The van der Waals surface area contributed by atoms with Crippen LogP contribution in [0, 0.1) is 0 Å². The van der Waals surface area contributed by atoms with Crippen molar-refractivity contribution in [3.63, 3.8) is 0 Å². The quantitative estimate of drug-likeness (QED) is 0.0928. The Morgan fingerprint density at radius 3 is 2.51 bits per heavy atom. The van der Waals surface area contributed by atoms with E-state index in [2.05, 4.69) is 50.8 Å². The first-order chi connectivity index (χ1) is 21.7. The molecule has 1 aromatic heterocycles. The number of nitrogens with zero attached hydrogens (tertiary/aromatic N) is 4. The van der Waals surface area contributed by atoms with Crippen molar-refractivity contribution in [2.24, 2.45) is 4.99 Å². The third kappa shape index (κ3) is 8.64. The predicted molar refractivity (Wildman–Crippen MR) is 189 cm³/mol. The molecule has 1 N–H and O–H groups in total. The number of carbonyl (C=O) groups excluding carboxylic acids is 2. The van der Waals surface area contributed by atoms with Crippen LogP contribution in [0.25, 0.3) is 10.9 Å². The van der Waals surface area contributed by atoms with E-state index in [0.717, 1.165) is 68.3 Å². The lowest BCUT2D eigenvalue weighted by Crippen LogP contribution is -2.54. The van der Waals surface area contributed by atoms with E-state index in [4.69, 9.17) is 23.2 Å². The molecule has 3 atom stereocenters. The van der Waals surface area contributed by atoms with Crippen LogP contribution in [-0.2, 0) is 17.8 Å². The summed E-state index contributed by atoms with van der Waals surface area (Å²) in [6.07, 6.45) is 13.7. The number of aromatic nitrogens is 1. The van der Waals surface area contributed by atoms with Crippen LogP contribution in [0.3, 0.4) is 0 Å². The van der Waals surface area contributed by atoms with Crippen LogP contribution in [0.1, 0.15) is 62.4 Å². The van der Waals surface area contributed by atoms with Gasteiger partial charge in [0.05, 0.1) is 23.0 Å². The Labute approximate surface area is 278 Å². The second-order valence-corrected chi connectivity index (χ2v) is 12.9. The van der Waals surface area contributed by atoms with E-state index in [1.54, 1.807) is 18.4 Å². The predicted octanol–water partition coefficient (Wildman–Crippen LogP) is 6.90. The first-order valence-corrected chi connectivity index (χ1v) is 16.9. The molecule has 2 fully saturated rings. The fourth-order valence-corrected chi connectivity index (χ4v) is 7.00. The number of nitrogens with one attached hydrogen (secondary N) is 1. The van der Waals surface area contributed by atoms with Crippen molar-refractivity contribution in [2.75, 3.05) is 32.7 Å². The van der Waals surface area contributed by atoms with Crippen molar-refractivity contribution in [3.8, 4) is 0 Å². The van der Waals surface area contributed by atoms with Gasteiger partial charge in [0.15, 0.2) is 5.78 Å². The van der Waals surface area contributed by atoms with Gasteiger partial charge in [-0.15, -0.1) is 11.6 Å². The Morgan fingerprint density at radius 2 is 1.89 bits per heavy atom. The molecule has 1 amide bonds. The van der Waals surface area contributed by atoms with E-state index in [1.807, 2.05) is 38.3 Å². The third-order valence-electron chi connectivity index (χ3n) is 9.04. The number of Topliss-reactive ketones (excluding diaryl/α,β-unsaturated/α-hetero) is 1. The molecule has 0 radical (unpaired) electrons. The molecule has 2 aliphatic rings. The number of likely N-dealkylation sites (tertiary alicyclic amines) is 1. The highest BCUT2D eigenvalue weighted by Crippen LogP contribution is 2.31. The molecule has 9 heteroatoms. The first-order valence-electron chi connectivity index (χ1n) is 16.0. The summed E-state index contributed by atoms with van der Waals surface area (Å²) < 4.78 is 2.27. The summed E-state index contributed by atoms with van der Waals surface area (Å²) in [5.74, 6) is -0.0389. The van der Waals surface area contributed by atoms with Gasteiger partial charge in [-0.05, 0) is 51.5 Å². The van der Waals surface area contributed by atoms with Crippen LogP contribution in [0.2, 0.25) is 0 Å². The van der Waals surface area contributed by atoms with Gasteiger partial charge in [0.2, 0.25) is 0 Å². The third-order valence-corrected chi connectivity index (χ3v) is 9.84. The Hall–Kier alpha value is -2.97. The normalized spacial score (nSPS) is 20.2. The molecule has 2 bridgehead atoms. The Balaban J connectivity index is 1.39. The maximum Gasteiger partial charge on any atom is 0.253 e.